The zero-order valence-electron chi connectivity index (χ0n) is 18.1. The molecule has 0 aromatic heterocycles. The Labute approximate surface area is 175 Å². The Morgan fingerprint density at radius 3 is 1.76 bits per heavy atom. The van der Waals surface area contributed by atoms with Gasteiger partial charge < -0.3 is 20.4 Å². The van der Waals surface area contributed by atoms with Crippen LogP contribution in [0.4, 0.5) is 0 Å². The van der Waals surface area contributed by atoms with Gasteiger partial charge in [-0.3, -0.25) is 0 Å². The van der Waals surface area contributed by atoms with Gasteiger partial charge in [0.15, 0.2) is 0 Å². The van der Waals surface area contributed by atoms with E-state index in [2.05, 4.69) is 13.2 Å². The molecule has 0 aromatic rings. The Morgan fingerprint density at radius 1 is 0.793 bits per heavy atom. The standard InChI is InChI=1S/C23H36O4.2H2O/c1-16(2)22(24)26-15-5-6-18-7-9-19(10-8-18)20-11-13-21(14-12-20)27-23(25)17(3)4;;/h18-21H,1,3,5-15H2,2,4H3;2*1H2. The smallest absolute Gasteiger partial charge is 0.333 e. The molecule has 0 heterocycles. The third-order valence-corrected chi connectivity index (χ3v) is 6.24. The molecule has 0 spiro atoms. The third kappa shape index (κ3) is 9.13. The molecular weight excluding hydrogens is 372 g/mol. The monoisotopic (exact) mass is 412 g/mol. The Bertz CT molecular complexity index is 540. The van der Waals surface area contributed by atoms with E-state index in [4.69, 9.17) is 9.47 Å². The van der Waals surface area contributed by atoms with Crippen LogP contribution >= 0.6 is 0 Å². The maximum atomic E-state index is 11.7. The van der Waals surface area contributed by atoms with Crippen molar-refractivity contribution in [2.45, 2.75) is 84.2 Å². The molecule has 0 aromatic carbocycles. The summed E-state index contributed by atoms with van der Waals surface area (Å²) in [7, 11) is 0. The van der Waals surface area contributed by atoms with Gasteiger partial charge in [-0.25, -0.2) is 9.59 Å². The van der Waals surface area contributed by atoms with Crippen LogP contribution in [-0.4, -0.2) is 35.6 Å². The average Bonchev–Trinajstić information content (AvgIpc) is 2.66. The fourth-order valence-electron chi connectivity index (χ4n) is 4.54. The van der Waals surface area contributed by atoms with Crippen LogP contribution in [0.25, 0.3) is 0 Å². The molecule has 6 heteroatoms. The molecule has 2 aliphatic carbocycles. The van der Waals surface area contributed by atoms with Crippen molar-refractivity contribution < 1.29 is 30.0 Å². The SMILES string of the molecule is C=C(C)C(=O)OCCCC1CCC(C2CCC(OC(=O)C(=C)C)CC2)CC1.O.O. The highest BCUT2D eigenvalue weighted by Gasteiger charge is 2.31. The number of rotatable bonds is 8. The zero-order chi connectivity index (χ0) is 19.8. The van der Waals surface area contributed by atoms with Crippen molar-refractivity contribution in [1.29, 1.82) is 0 Å². The molecule has 0 unspecified atom stereocenters. The number of carbonyl (C=O) groups is 2. The van der Waals surface area contributed by atoms with Gasteiger partial charge in [0.2, 0.25) is 0 Å². The molecular formula is C23H40O6. The molecule has 168 valence electrons. The molecule has 0 saturated heterocycles. The molecule has 2 saturated carbocycles. The largest absolute Gasteiger partial charge is 0.462 e. The van der Waals surface area contributed by atoms with Gasteiger partial charge in [-0.15, -0.1) is 0 Å². The van der Waals surface area contributed by atoms with Crippen LogP contribution in [-0.2, 0) is 19.1 Å². The molecule has 6 nitrogen and oxygen atoms in total. The zero-order valence-corrected chi connectivity index (χ0v) is 18.1. The van der Waals surface area contributed by atoms with E-state index >= 15 is 0 Å². The van der Waals surface area contributed by atoms with Crippen LogP contribution in [0.5, 0.6) is 0 Å². The summed E-state index contributed by atoms with van der Waals surface area (Å²) >= 11 is 0. The summed E-state index contributed by atoms with van der Waals surface area (Å²) in [4.78, 5) is 23.0. The first-order valence-corrected chi connectivity index (χ1v) is 10.6. The second kappa shape index (κ2) is 13.5. The van der Waals surface area contributed by atoms with Crippen LogP contribution in [0, 0.1) is 17.8 Å². The number of esters is 2. The first kappa shape index (κ1) is 27.3. The van der Waals surface area contributed by atoms with E-state index in [-0.39, 0.29) is 29.0 Å². The predicted octanol–water partition coefficient (Wildman–Crippen LogP) is 3.72. The molecule has 2 fully saturated rings. The second-order valence-corrected chi connectivity index (χ2v) is 8.56. The normalized spacial score (nSPS) is 26.3. The van der Waals surface area contributed by atoms with Crippen molar-refractivity contribution >= 4 is 11.9 Å². The van der Waals surface area contributed by atoms with E-state index < -0.39 is 0 Å². The molecule has 0 radical (unpaired) electrons. The van der Waals surface area contributed by atoms with Gasteiger partial charge in [0.1, 0.15) is 6.10 Å². The fourth-order valence-corrected chi connectivity index (χ4v) is 4.54. The minimum atomic E-state index is -0.275. The number of hydrogen-bond acceptors (Lipinski definition) is 4. The Balaban J connectivity index is 0.00000392. The van der Waals surface area contributed by atoms with Crippen molar-refractivity contribution in [3.63, 3.8) is 0 Å². The number of hydrogen-bond donors (Lipinski definition) is 0. The first-order chi connectivity index (χ1) is 12.9. The highest BCUT2D eigenvalue weighted by molar-refractivity contribution is 5.87. The predicted molar refractivity (Wildman–Crippen MR) is 114 cm³/mol. The van der Waals surface area contributed by atoms with Gasteiger partial charge in [0.05, 0.1) is 6.61 Å². The third-order valence-electron chi connectivity index (χ3n) is 6.24. The molecule has 29 heavy (non-hydrogen) atoms. The summed E-state index contributed by atoms with van der Waals surface area (Å²) in [6.45, 7) is 11.2. The van der Waals surface area contributed by atoms with Crippen molar-refractivity contribution in [2.75, 3.05) is 6.61 Å². The van der Waals surface area contributed by atoms with Gasteiger partial charge in [-0.05, 0) is 83.0 Å². The van der Waals surface area contributed by atoms with Crippen LogP contribution < -0.4 is 0 Å². The summed E-state index contributed by atoms with van der Waals surface area (Å²) < 4.78 is 10.7. The summed E-state index contributed by atoms with van der Waals surface area (Å²) in [5.74, 6) is 1.89. The van der Waals surface area contributed by atoms with E-state index in [9.17, 15) is 9.59 Å². The maximum absolute atomic E-state index is 11.7. The molecule has 4 N–H and O–H groups in total. The van der Waals surface area contributed by atoms with Crippen molar-refractivity contribution in [2.24, 2.45) is 17.8 Å². The Kier molecular flexibility index (Phi) is 12.8. The molecule has 0 aliphatic heterocycles. The van der Waals surface area contributed by atoms with Crippen molar-refractivity contribution in [3.8, 4) is 0 Å². The summed E-state index contributed by atoms with van der Waals surface area (Å²) in [5, 5.41) is 0. The Hall–Kier alpha value is -1.66. The highest BCUT2D eigenvalue weighted by Crippen LogP contribution is 2.41. The molecule has 0 atom stereocenters. The van der Waals surface area contributed by atoms with Gasteiger partial charge in [-0.2, -0.15) is 0 Å². The van der Waals surface area contributed by atoms with E-state index in [1.165, 1.54) is 38.5 Å². The summed E-state index contributed by atoms with van der Waals surface area (Å²) in [6.07, 6.45) is 11.8. The Morgan fingerprint density at radius 2 is 1.28 bits per heavy atom. The lowest BCUT2D eigenvalue weighted by atomic mass is 9.70. The van der Waals surface area contributed by atoms with Crippen LogP contribution in [0.2, 0.25) is 0 Å². The first-order valence-electron chi connectivity index (χ1n) is 10.6. The highest BCUT2D eigenvalue weighted by atomic mass is 16.5. The van der Waals surface area contributed by atoms with Gasteiger partial charge in [-0.1, -0.05) is 26.0 Å². The average molecular weight is 413 g/mol. The minimum Gasteiger partial charge on any atom is -0.462 e. The topological polar surface area (TPSA) is 116 Å². The summed E-state index contributed by atoms with van der Waals surface area (Å²) in [6, 6.07) is 0. The van der Waals surface area contributed by atoms with Crippen LogP contribution in [0.15, 0.2) is 24.3 Å². The van der Waals surface area contributed by atoms with Crippen molar-refractivity contribution in [3.05, 3.63) is 24.3 Å². The van der Waals surface area contributed by atoms with E-state index in [1.54, 1.807) is 13.8 Å². The lowest BCUT2D eigenvalue weighted by Gasteiger charge is -2.37. The van der Waals surface area contributed by atoms with E-state index in [0.717, 1.165) is 43.4 Å². The minimum absolute atomic E-state index is 0. The lowest BCUT2D eigenvalue weighted by Crippen LogP contribution is -2.30. The van der Waals surface area contributed by atoms with Crippen molar-refractivity contribution in [1.82, 2.24) is 0 Å². The van der Waals surface area contributed by atoms with Gasteiger partial charge in [0.25, 0.3) is 0 Å². The molecule has 2 aliphatic rings. The van der Waals surface area contributed by atoms with Crippen LogP contribution in [0.1, 0.15) is 78.1 Å². The number of carbonyl (C=O) groups excluding carboxylic acids is 2. The second-order valence-electron chi connectivity index (χ2n) is 8.56. The molecule has 2 rings (SSSR count). The lowest BCUT2D eigenvalue weighted by molar-refractivity contribution is -0.146. The quantitative estimate of drug-likeness (QED) is 0.343. The van der Waals surface area contributed by atoms with E-state index in [0.29, 0.717) is 17.8 Å². The van der Waals surface area contributed by atoms with Gasteiger partial charge in [0, 0.05) is 11.1 Å². The number of ether oxygens (including phenoxy) is 2. The van der Waals surface area contributed by atoms with Gasteiger partial charge >= 0.3 is 11.9 Å². The molecule has 0 amide bonds. The van der Waals surface area contributed by atoms with E-state index in [1.807, 2.05) is 0 Å². The molecule has 0 bridgehead atoms. The van der Waals surface area contributed by atoms with Crippen LogP contribution in [0.3, 0.4) is 0 Å². The fraction of sp³-hybridized carbons (Fsp3) is 0.739. The summed E-state index contributed by atoms with van der Waals surface area (Å²) in [5.41, 5.74) is 0.962. The maximum Gasteiger partial charge on any atom is 0.333 e.